The van der Waals surface area contributed by atoms with Gasteiger partial charge in [0.1, 0.15) is 11.4 Å². The molecular weight excluding hydrogens is 458 g/mol. The summed E-state index contributed by atoms with van der Waals surface area (Å²) in [6.07, 6.45) is 0.964. The van der Waals surface area contributed by atoms with Crippen LogP contribution in [0.15, 0.2) is 35.3 Å². The highest BCUT2D eigenvalue weighted by Crippen LogP contribution is 2.13. The van der Waals surface area contributed by atoms with Crippen molar-refractivity contribution in [3.63, 3.8) is 0 Å². The quantitative estimate of drug-likeness (QED) is 0.229. The van der Waals surface area contributed by atoms with Crippen LogP contribution in [-0.4, -0.2) is 59.4 Å². The van der Waals surface area contributed by atoms with Crippen molar-refractivity contribution in [1.29, 1.82) is 0 Å². The highest BCUT2D eigenvalue weighted by atomic mass is 35.5. The van der Waals surface area contributed by atoms with E-state index in [4.69, 9.17) is 22.4 Å². The van der Waals surface area contributed by atoms with Gasteiger partial charge in [-0.05, 0) is 24.3 Å². The lowest BCUT2D eigenvalue weighted by Crippen LogP contribution is -2.43. The molecular formula is C19H18ClN7O6. The summed E-state index contributed by atoms with van der Waals surface area (Å²) >= 11 is 5.58. The number of carbonyl (C=O) groups excluding carboxylic acids is 1. The lowest BCUT2D eigenvalue weighted by Gasteiger charge is -2.16. The summed E-state index contributed by atoms with van der Waals surface area (Å²) in [5, 5.41) is 21.9. The molecule has 0 saturated heterocycles. The summed E-state index contributed by atoms with van der Waals surface area (Å²) < 4.78 is 0. The van der Waals surface area contributed by atoms with Crippen LogP contribution in [0.4, 0.5) is 11.6 Å². The zero-order chi connectivity index (χ0) is 24.1. The molecule has 1 amide bonds. The Bertz CT molecular complexity index is 1260. The number of aromatic nitrogens is 4. The summed E-state index contributed by atoms with van der Waals surface area (Å²) in [6.45, 7) is 0.214. The van der Waals surface area contributed by atoms with Crippen LogP contribution in [0.1, 0.15) is 22.5 Å². The molecule has 33 heavy (non-hydrogen) atoms. The number of aliphatic carboxylic acids is 2. The molecule has 0 saturated carbocycles. The number of carbonyl (C=O) groups is 3. The Morgan fingerprint density at radius 2 is 1.82 bits per heavy atom. The smallest absolute Gasteiger partial charge is 0.326 e. The number of aromatic amines is 1. The monoisotopic (exact) mass is 475 g/mol. The van der Waals surface area contributed by atoms with Gasteiger partial charge < -0.3 is 26.6 Å². The van der Waals surface area contributed by atoms with Gasteiger partial charge in [-0.25, -0.2) is 14.8 Å². The van der Waals surface area contributed by atoms with Crippen LogP contribution in [0, 0.1) is 0 Å². The molecule has 2 atom stereocenters. The zero-order valence-electron chi connectivity index (χ0n) is 16.8. The average Bonchev–Trinajstić information content (AvgIpc) is 2.77. The number of H-pyrrole nitrogens is 1. The molecule has 3 rings (SSSR count). The number of carboxylic acid groups (broad SMARTS) is 2. The number of nitrogens with one attached hydrogen (secondary N) is 3. The highest BCUT2D eigenvalue weighted by molar-refractivity contribution is 6.29. The van der Waals surface area contributed by atoms with Crippen LogP contribution >= 0.6 is 11.6 Å². The second-order valence-electron chi connectivity index (χ2n) is 6.82. The number of alkyl halides is 1. The number of carboxylic acids is 2. The van der Waals surface area contributed by atoms with Crippen LogP contribution in [-0.2, 0) is 16.1 Å². The van der Waals surface area contributed by atoms with Crippen LogP contribution in [0.2, 0.25) is 0 Å². The predicted octanol–water partition coefficient (Wildman–Crippen LogP) is 0.173. The van der Waals surface area contributed by atoms with Crippen molar-refractivity contribution in [3.8, 4) is 0 Å². The third kappa shape index (κ3) is 5.92. The van der Waals surface area contributed by atoms with Crippen LogP contribution in [0.25, 0.3) is 11.2 Å². The molecule has 172 valence electrons. The molecule has 2 aromatic heterocycles. The van der Waals surface area contributed by atoms with E-state index in [9.17, 15) is 24.3 Å². The summed E-state index contributed by atoms with van der Waals surface area (Å²) in [6, 6.07) is 4.60. The molecule has 0 radical (unpaired) electrons. The first kappa shape index (κ1) is 23.4. The van der Waals surface area contributed by atoms with E-state index in [2.05, 4.69) is 30.6 Å². The lowest BCUT2D eigenvalue weighted by atomic mass is 10.1. The van der Waals surface area contributed by atoms with E-state index in [0.29, 0.717) is 11.4 Å². The molecule has 14 heteroatoms. The van der Waals surface area contributed by atoms with Crippen LogP contribution in [0.3, 0.4) is 0 Å². The minimum Gasteiger partial charge on any atom is -0.480 e. The molecule has 3 aromatic rings. The summed E-state index contributed by atoms with van der Waals surface area (Å²) in [4.78, 5) is 60.9. The Balaban J connectivity index is 1.63. The fourth-order valence-electron chi connectivity index (χ4n) is 2.76. The van der Waals surface area contributed by atoms with Gasteiger partial charge in [0, 0.05) is 17.7 Å². The van der Waals surface area contributed by atoms with Crippen LogP contribution in [0.5, 0.6) is 0 Å². The lowest BCUT2D eigenvalue weighted by molar-refractivity contribution is -0.140. The van der Waals surface area contributed by atoms with Gasteiger partial charge in [-0.15, -0.1) is 11.6 Å². The fourth-order valence-corrected chi connectivity index (χ4v) is 2.94. The van der Waals surface area contributed by atoms with Gasteiger partial charge in [0.05, 0.1) is 18.4 Å². The van der Waals surface area contributed by atoms with Gasteiger partial charge in [-0.3, -0.25) is 19.4 Å². The van der Waals surface area contributed by atoms with E-state index < -0.39 is 41.2 Å². The molecule has 2 heterocycles. The Morgan fingerprint density at radius 3 is 2.45 bits per heavy atom. The van der Waals surface area contributed by atoms with E-state index in [1.54, 1.807) is 12.1 Å². The molecule has 7 N–H and O–H groups in total. The van der Waals surface area contributed by atoms with Gasteiger partial charge in [0.15, 0.2) is 11.2 Å². The minimum atomic E-state index is -1.46. The number of benzene rings is 1. The number of nitrogens with two attached hydrogens (primary N) is 1. The number of hydrogen-bond donors (Lipinski definition) is 6. The van der Waals surface area contributed by atoms with E-state index >= 15 is 0 Å². The normalized spacial score (nSPS) is 12.6. The molecule has 0 bridgehead atoms. The largest absolute Gasteiger partial charge is 0.480 e. The highest BCUT2D eigenvalue weighted by Gasteiger charge is 2.27. The van der Waals surface area contributed by atoms with Crippen molar-refractivity contribution < 1.29 is 24.6 Å². The maximum Gasteiger partial charge on any atom is 0.326 e. The molecule has 0 aliphatic heterocycles. The number of hydrogen-bond acceptors (Lipinski definition) is 9. The van der Waals surface area contributed by atoms with Crippen molar-refractivity contribution in [2.75, 3.05) is 11.1 Å². The first-order chi connectivity index (χ1) is 15.6. The van der Waals surface area contributed by atoms with Crippen molar-refractivity contribution in [2.24, 2.45) is 0 Å². The zero-order valence-corrected chi connectivity index (χ0v) is 17.5. The molecule has 0 fully saturated rings. The SMILES string of the molecule is Nc1nc2ncc(CNc3ccc(C(=O)N[C@@H](CC(Cl)C(=O)O)C(=O)O)cc3)nc2c(=O)[nH]1. The summed E-state index contributed by atoms with van der Waals surface area (Å²) in [5.41, 5.74) is 6.36. The third-order valence-corrected chi connectivity index (χ3v) is 4.79. The van der Waals surface area contributed by atoms with Gasteiger partial charge in [-0.2, -0.15) is 4.98 Å². The second kappa shape index (κ2) is 9.91. The summed E-state index contributed by atoms with van der Waals surface area (Å²) in [5.74, 6) is -3.54. The van der Waals surface area contributed by atoms with Crippen LogP contribution < -0.4 is 21.9 Å². The third-order valence-electron chi connectivity index (χ3n) is 4.42. The Kier molecular flexibility index (Phi) is 7.03. The molecule has 1 aromatic carbocycles. The number of nitrogen functional groups attached to an aromatic ring is 1. The topological polar surface area (TPSA) is 213 Å². The van der Waals surface area contributed by atoms with E-state index in [-0.39, 0.29) is 29.2 Å². The predicted molar refractivity (Wildman–Crippen MR) is 117 cm³/mol. The van der Waals surface area contributed by atoms with Crippen molar-refractivity contribution in [2.45, 2.75) is 24.4 Å². The maximum absolute atomic E-state index is 12.3. The van der Waals surface area contributed by atoms with E-state index in [1.165, 1.54) is 18.3 Å². The fraction of sp³-hybridized carbons (Fsp3) is 0.211. The first-order valence-electron chi connectivity index (χ1n) is 9.40. The average molecular weight is 476 g/mol. The summed E-state index contributed by atoms with van der Waals surface area (Å²) in [7, 11) is 0. The molecule has 0 spiro atoms. The molecule has 13 nitrogen and oxygen atoms in total. The first-order valence-corrected chi connectivity index (χ1v) is 9.83. The van der Waals surface area contributed by atoms with E-state index in [1.807, 2.05) is 0 Å². The van der Waals surface area contributed by atoms with Crippen molar-refractivity contribution >= 4 is 52.2 Å². The molecule has 1 unspecified atom stereocenters. The maximum atomic E-state index is 12.3. The molecule has 0 aliphatic carbocycles. The number of fused-ring (bicyclic) bond motifs is 1. The number of nitrogens with zero attached hydrogens (tertiary/aromatic N) is 3. The standard InChI is InChI=1S/C19H18ClN7O6/c20-11(17(30)31)5-12(18(32)33)25-15(28)8-1-3-9(4-2-8)22-6-10-7-23-14-13(24-10)16(29)27-19(21)26-14/h1-4,7,11-12,22H,5-6H2,(H,25,28)(H,30,31)(H,32,33)(H3,21,23,26,27,29)/t11?,12-/m0/s1. The number of rotatable bonds is 9. The number of anilines is 2. The van der Waals surface area contributed by atoms with Gasteiger partial charge in [0.25, 0.3) is 11.5 Å². The van der Waals surface area contributed by atoms with Gasteiger partial charge in [0.2, 0.25) is 5.95 Å². The molecule has 0 aliphatic rings. The Morgan fingerprint density at radius 1 is 1.12 bits per heavy atom. The Hall–Kier alpha value is -4.26. The van der Waals surface area contributed by atoms with Gasteiger partial charge >= 0.3 is 11.9 Å². The number of halogens is 1. The van der Waals surface area contributed by atoms with Crippen molar-refractivity contribution in [1.82, 2.24) is 25.3 Å². The Labute approximate surface area is 190 Å². The van der Waals surface area contributed by atoms with Gasteiger partial charge in [-0.1, -0.05) is 0 Å². The minimum absolute atomic E-state index is 0.0468. The number of amides is 1. The van der Waals surface area contributed by atoms with Crippen molar-refractivity contribution in [3.05, 3.63) is 52.1 Å². The van der Waals surface area contributed by atoms with E-state index in [0.717, 1.165) is 0 Å². The second-order valence-corrected chi connectivity index (χ2v) is 7.35.